The van der Waals surface area contributed by atoms with Crippen molar-refractivity contribution in [1.29, 1.82) is 0 Å². The van der Waals surface area contributed by atoms with Crippen LogP contribution in [0.4, 0.5) is 4.39 Å². The number of aliphatic hydroxyl groups is 1. The Morgan fingerprint density at radius 1 is 1.26 bits per heavy atom. The maximum absolute atomic E-state index is 13.5. The minimum absolute atomic E-state index is 0.0798. The summed E-state index contributed by atoms with van der Waals surface area (Å²) in [7, 11) is 0. The van der Waals surface area contributed by atoms with Crippen LogP contribution in [-0.4, -0.2) is 11.7 Å². The highest BCUT2D eigenvalue weighted by atomic mass is 32.2. The number of thioether (sulfide) groups is 1. The van der Waals surface area contributed by atoms with E-state index in [1.165, 1.54) is 17.8 Å². The van der Waals surface area contributed by atoms with Gasteiger partial charge in [-0.3, -0.25) is 0 Å². The molecule has 0 saturated carbocycles. The summed E-state index contributed by atoms with van der Waals surface area (Å²) in [6, 6.07) is 8.74. The molecule has 2 rings (SSSR count). The van der Waals surface area contributed by atoms with Gasteiger partial charge >= 0.3 is 0 Å². The zero-order valence-electron chi connectivity index (χ0n) is 10.2. The first-order valence-electron chi connectivity index (χ1n) is 5.84. The fourth-order valence-corrected chi connectivity index (χ4v) is 3.37. The number of thiophene rings is 1. The van der Waals surface area contributed by atoms with Crippen LogP contribution < -0.4 is 0 Å². The van der Waals surface area contributed by atoms with Gasteiger partial charge in [-0.25, -0.2) is 4.39 Å². The van der Waals surface area contributed by atoms with Crippen molar-refractivity contribution in [1.82, 2.24) is 0 Å². The maximum Gasteiger partial charge on any atom is 0.136 e. The SMILES string of the molecule is OCCC#Cc1ccsc1CSc1ccccc1F. The Morgan fingerprint density at radius 3 is 2.89 bits per heavy atom. The van der Waals surface area contributed by atoms with Crippen LogP contribution >= 0.6 is 23.1 Å². The highest BCUT2D eigenvalue weighted by Crippen LogP contribution is 2.28. The second kappa shape index (κ2) is 7.34. The first-order chi connectivity index (χ1) is 9.31. The van der Waals surface area contributed by atoms with Crippen LogP contribution in [-0.2, 0) is 5.75 Å². The van der Waals surface area contributed by atoms with E-state index in [1.54, 1.807) is 23.5 Å². The van der Waals surface area contributed by atoms with E-state index in [0.29, 0.717) is 17.1 Å². The molecule has 1 N–H and O–H groups in total. The van der Waals surface area contributed by atoms with Gasteiger partial charge < -0.3 is 5.11 Å². The van der Waals surface area contributed by atoms with Crippen LogP contribution in [0.25, 0.3) is 0 Å². The van der Waals surface area contributed by atoms with Gasteiger partial charge in [-0.2, -0.15) is 0 Å². The Bertz CT molecular complexity index is 595. The van der Waals surface area contributed by atoms with E-state index in [2.05, 4.69) is 11.8 Å². The van der Waals surface area contributed by atoms with E-state index in [-0.39, 0.29) is 12.4 Å². The van der Waals surface area contributed by atoms with E-state index in [0.717, 1.165) is 10.4 Å². The largest absolute Gasteiger partial charge is 0.395 e. The molecule has 1 heterocycles. The lowest BCUT2D eigenvalue weighted by molar-refractivity contribution is 0.305. The van der Waals surface area contributed by atoms with Gasteiger partial charge in [0.15, 0.2) is 0 Å². The monoisotopic (exact) mass is 292 g/mol. The molecule has 98 valence electrons. The second-order valence-corrected chi connectivity index (χ2v) is 5.77. The van der Waals surface area contributed by atoms with Crippen molar-refractivity contribution in [3.05, 3.63) is 52.0 Å². The normalized spacial score (nSPS) is 10.0. The molecule has 1 aromatic heterocycles. The van der Waals surface area contributed by atoms with Crippen LogP contribution in [0, 0.1) is 17.7 Å². The first-order valence-corrected chi connectivity index (χ1v) is 7.71. The lowest BCUT2D eigenvalue weighted by atomic mass is 10.2. The summed E-state index contributed by atoms with van der Waals surface area (Å²) in [6.45, 7) is 0.0798. The summed E-state index contributed by atoms with van der Waals surface area (Å²) >= 11 is 3.10. The Hall–Kier alpha value is -1.28. The minimum Gasteiger partial charge on any atom is -0.395 e. The summed E-state index contributed by atoms with van der Waals surface area (Å²) < 4.78 is 13.5. The van der Waals surface area contributed by atoms with Crippen molar-refractivity contribution in [2.45, 2.75) is 17.1 Å². The molecule has 4 heteroatoms. The summed E-state index contributed by atoms with van der Waals surface area (Å²) in [5, 5.41) is 10.7. The molecule has 0 bridgehead atoms. The van der Waals surface area contributed by atoms with Gasteiger partial charge in [0.25, 0.3) is 0 Å². The molecule has 1 nitrogen and oxygen atoms in total. The zero-order valence-corrected chi connectivity index (χ0v) is 11.9. The van der Waals surface area contributed by atoms with E-state index in [9.17, 15) is 4.39 Å². The third-order valence-corrected chi connectivity index (χ3v) is 4.58. The fourth-order valence-electron chi connectivity index (χ4n) is 1.48. The molecule has 0 aliphatic carbocycles. The molecule has 0 unspecified atom stereocenters. The molecule has 19 heavy (non-hydrogen) atoms. The molecule has 0 fully saturated rings. The Labute approximate surface area is 120 Å². The second-order valence-electron chi connectivity index (χ2n) is 3.75. The zero-order chi connectivity index (χ0) is 13.5. The quantitative estimate of drug-likeness (QED) is 0.681. The third-order valence-electron chi connectivity index (χ3n) is 2.40. The van der Waals surface area contributed by atoms with Crippen LogP contribution in [0.1, 0.15) is 16.9 Å². The molecule has 0 aliphatic heterocycles. The van der Waals surface area contributed by atoms with Gasteiger partial charge in [-0.05, 0) is 23.6 Å². The number of hydrogen-bond donors (Lipinski definition) is 1. The van der Waals surface area contributed by atoms with E-state index in [4.69, 9.17) is 5.11 Å². The summed E-state index contributed by atoms with van der Waals surface area (Å²) in [4.78, 5) is 1.80. The van der Waals surface area contributed by atoms with Gasteiger partial charge in [-0.15, -0.1) is 23.1 Å². The van der Waals surface area contributed by atoms with Crippen LogP contribution in [0.3, 0.4) is 0 Å². The standard InChI is InChI=1S/C15H13FOS2/c16-13-6-1-2-7-14(13)19-11-15-12(8-10-18-15)5-3-4-9-17/h1-2,6-8,10,17H,4,9,11H2. The van der Waals surface area contributed by atoms with Crippen molar-refractivity contribution in [3.63, 3.8) is 0 Å². The molecule has 0 atom stereocenters. The molecule has 1 aromatic carbocycles. The molecule has 2 aromatic rings. The molecule has 0 spiro atoms. The molecular formula is C15H13FOS2. The fraction of sp³-hybridized carbons (Fsp3) is 0.200. The highest BCUT2D eigenvalue weighted by Gasteiger charge is 2.05. The van der Waals surface area contributed by atoms with Crippen LogP contribution in [0.15, 0.2) is 40.6 Å². The number of halogens is 1. The van der Waals surface area contributed by atoms with E-state index in [1.807, 2.05) is 17.5 Å². The van der Waals surface area contributed by atoms with Crippen molar-refractivity contribution in [2.24, 2.45) is 0 Å². The minimum atomic E-state index is -0.183. The maximum atomic E-state index is 13.5. The highest BCUT2D eigenvalue weighted by molar-refractivity contribution is 7.98. The lowest BCUT2D eigenvalue weighted by Crippen LogP contribution is -1.84. The van der Waals surface area contributed by atoms with E-state index < -0.39 is 0 Å². The van der Waals surface area contributed by atoms with Gasteiger partial charge in [0.2, 0.25) is 0 Å². The number of rotatable bonds is 4. The molecule has 0 saturated heterocycles. The average molecular weight is 292 g/mol. The predicted octanol–water partition coefficient (Wildman–Crippen LogP) is 3.91. The average Bonchev–Trinajstić information content (AvgIpc) is 2.86. The molecule has 0 amide bonds. The van der Waals surface area contributed by atoms with Crippen molar-refractivity contribution in [3.8, 4) is 11.8 Å². The Balaban J connectivity index is 2.03. The van der Waals surface area contributed by atoms with E-state index >= 15 is 0 Å². The van der Waals surface area contributed by atoms with Crippen LogP contribution in [0.5, 0.6) is 0 Å². The van der Waals surface area contributed by atoms with Gasteiger partial charge in [0.1, 0.15) is 5.82 Å². The van der Waals surface area contributed by atoms with Crippen molar-refractivity contribution < 1.29 is 9.50 Å². The van der Waals surface area contributed by atoms with Crippen molar-refractivity contribution in [2.75, 3.05) is 6.61 Å². The Kier molecular flexibility index (Phi) is 5.46. The number of hydrogen-bond acceptors (Lipinski definition) is 3. The molecule has 0 radical (unpaired) electrons. The first kappa shape index (κ1) is 14.1. The third kappa shape index (κ3) is 4.10. The van der Waals surface area contributed by atoms with Gasteiger partial charge in [0, 0.05) is 27.5 Å². The summed E-state index contributed by atoms with van der Waals surface area (Å²) in [6.07, 6.45) is 0.482. The molecular weight excluding hydrogens is 279 g/mol. The van der Waals surface area contributed by atoms with Crippen molar-refractivity contribution >= 4 is 23.1 Å². The van der Waals surface area contributed by atoms with Gasteiger partial charge in [0.05, 0.1) is 6.61 Å². The predicted molar refractivity (Wildman–Crippen MR) is 78.9 cm³/mol. The number of aliphatic hydroxyl groups excluding tert-OH is 1. The van der Waals surface area contributed by atoms with Gasteiger partial charge in [-0.1, -0.05) is 24.0 Å². The van der Waals surface area contributed by atoms with Crippen LogP contribution in [0.2, 0.25) is 0 Å². The number of benzene rings is 1. The lowest BCUT2D eigenvalue weighted by Gasteiger charge is -2.01. The Morgan fingerprint density at radius 2 is 2.11 bits per heavy atom. The smallest absolute Gasteiger partial charge is 0.136 e. The summed E-state index contributed by atoms with van der Waals surface area (Å²) in [5.74, 6) is 6.48. The summed E-state index contributed by atoms with van der Waals surface area (Å²) in [5.41, 5.74) is 0.974. The topological polar surface area (TPSA) is 20.2 Å². The molecule has 0 aliphatic rings.